The number of carbonyl (C=O) groups is 2. The summed E-state index contributed by atoms with van der Waals surface area (Å²) >= 11 is 0. The highest BCUT2D eigenvalue weighted by Gasteiger charge is 2.23. The van der Waals surface area contributed by atoms with Gasteiger partial charge in [-0.05, 0) is 48.4 Å². The Morgan fingerprint density at radius 1 is 0.848 bits per heavy atom. The second-order valence-electron chi connectivity index (χ2n) is 9.18. The Labute approximate surface area is 195 Å². The first kappa shape index (κ1) is 21.6. The molecule has 3 aromatic rings. The summed E-state index contributed by atoms with van der Waals surface area (Å²) in [6.45, 7) is 3.58. The van der Waals surface area contributed by atoms with Crippen molar-refractivity contribution in [1.82, 2.24) is 20.1 Å². The highest BCUT2D eigenvalue weighted by Crippen LogP contribution is 2.27. The molecular formula is C27H32N4O2. The number of fused-ring (bicyclic) bond motifs is 4. The van der Waals surface area contributed by atoms with Crippen molar-refractivity contribution in [2.75, 3.05) is 19.6 Å². The minimum atomic E-state index is 0.00219. The SMILES string of the molecule is O=C(CCCCCNC(=O)N1CCc2c([nH]c3ccccc23)C1)N1CCc2ccccc2C1. The van der Waals surface area contributed by atoms with Crippen LogP contribution < -0.4 is 5.32 Å². The zero-order valence-electron chi connectivity index (χ0n) is 19.1. The molecule has 33 heavy (non-hydrogen) atoms. The van der Waals surface area contributed by atoms with Crippen LogP contribution in [0.2, 0.25) is 0 Å². The lowest BCUT2D eigenvalue weighted by Crippen LogP contribution is -2.43. The van der Waals surface area contributed by atoms with E-state index >= 15 is 0 Å². The molecular weight excluding hydrogens is 412 g/mol. The summed E-state index contributed by atoms with van der Waals surface area (Å²) < 4.78 is 0. The van der Waals surface area contributed by atoms with Gasteiger partial charge in [0.05, 0.1) is 6.54 Å². The fraction of sp³-hybridized carbons (Fsp3) is 0.407. The normalized spacial score (nSPS) is 15.3. The van der Waals surface area contributed by atoms with Gasteiger partial charge in [0, 0.05) is 49.2 Å². The van der Waals surface area contributed by atoms with E-state index in [1.54, 1.807) is 0 Å². The summed E-state index contributed by atoms with van der Waals surface area (Å²) in [6.07, 6.45) is 5.14. The number of H-pyrrole nitrogens is 1. The molecule has 1 aromatic heterocycles. The summed E-state index contributed by atoms with van der Waals surface area (Å²) in [7, 11) is 0. The van der Waals surface area contributed by atoms with Crippen molar-refractivity contribution in [3.63, 3.8) is 0 Å². The van der Waals surface area contributed by atoms with Crippen LogP contribution in [0.15, 0.2) is 48.5 Å². The van der Waals surface area contributed by atoms with Crippen molar-refractivity contribution in [3.8, 4) is 0 Å². The molecule has 0 atom stereocenters. The van der Waals surface area contributed by atoms with Gasteiger partial charge >= 0.3 is 6.03 Å². The van der Waals surface area contributed by atoms with Gasteiger partial charge in [0.25, 0.3) is 0 Å². The number of nitrogens with one attached hydrogen (secondary N) is 2. The van der Waals surface area contributed by atoms with Crippen LogP contribution in [0, 0.1) is 0 Å². The van der Waals surface area contributed by atoms with Gasteiger partial charge in [0.15, 0.2) is 0 Å². The number of hydrogen-bond acceptors (Lipinski definition) is 2. The third kappa shape index (κ3) is 4.75. The van der Waals surface area contributed by atoms with Gasteiger partial charge in [-0.25, -0.2) is 4.79 Å². The number of aromatic nitrogens is 1. The van der Waals surface area contributed by atoms with Gasteiger partial charge in [0.1, 0.15) is 0 Å². The highest BCUT2D eigenvalue weighted by atomic mass is 16.2. The van der Waals surface area contributed by atoms with Crippen LogP contribution in [0.5, 0.6) is 0 Å². The largest absolute Gasteiger partial charge is 0.357 e. The van der Waals surface area contributed by atoms with Gasteiger partial charge in [0.2, 0.25) is 5.91 Å². The van der Waals surface area contributed by atoms with Crippen molar-refractivity contribution in [1.29, 1.82) is 0 Å². The molecule has 6 nitrogen and oxygen atoms in total. The second-order valence-corrected chi connectivity index (χ2v) is 9.18. The number of nitrogens with zero attached hydrogens (tertiary/aromatic N) is 2. The first-order chi connectivity index (χ1) is 16.2. The van der Waals surface area contributed by atoms with Crippen LogP contribution in [-0.4, -0.2) is 46.4 Å². The van der Waals surface area contributed by atoms with Gasteiger partial charge < -0.3 is 20.1 Å². The Balaban J connectivity index is 1.00. The quantitative estimate of drug-likeness (QED) is 0.554. The lowest BCUT2D eigenvalue weighted by molar-refractivity contribution is -0.132. The van der Waals surface area contributed by atoms with Crippen molar-refractivity contribution < 1.29 is 9.59 Å². The van der Waals surface area contributed by atoms with Gasteiger partial charge in [-0.2, -0.15) is 0 Å². The number of aromatic amines is 1. The number of urea groups is 1. The number of carbonyl (C=O) groups excluding carboxylic acids is 2. The molecule has 0 spiro atoms. The fourth-order valence-corrected chi connectivity index (χ4v) is 5.12. The van der Waals surface area contributed by atoms with E-state index in [1.807, 2.05) is 21.9 Å². The molecule has 2 aromatic carbocycles. The smallest absolute Gasteiger partial charge is 0.317 e. The van der Waals surface area contributed by atoms with Gasteiger partial charge in [-0.3, -0.25) is 4.79 Å². The maximum Gasteiger partial charge on any atom is 0.317 e. The van der Waals surface area contributed by atoms with Gasteiger partial charge in [-0.1, -0.05) is 48.9 Å². The Morgan fingerprint density at radius 3 is 2.55 bits per heavy atom. The number of amides is 3. The molecule has 2 aliphatic rings. The second kappa shape index (κ2) is 9.69. The molecule has 3 heterocycles. The summed E-state index contributed by atoms with van der Waals surface area (Å²) in [5, 5.41) is 4.33. The van der Waals surface area contributed by atoms with Crippen molar-refractivity contribution >= 4 is 22.8 Å². The molecule has 0 saturated heterocycles. The summed E-state index contributed by atoms with van der Waals surface area (Å²) in [6, 6.07) is 16.7. The minimum Gasteiger partial charge on any atom is -0.357 e. The number of para-hydroxylation sites is 1. The van der Waals surface area contributed by atoms with Crippen LogP contribution in [0.3, 0.4) is 0 Å². The summed E-state index contributed by atoms with van der Waals surface area (Å²) in [5.74, 6) is 0.246. The maximum atomic E-state index is 12.6. The predicted molar refractivity (Wildman–Crippen MR) is 130 cm³/mol. The molecule has 6 heteroatoms. The van der Waals surface area contributed by atoms with E-state index in [0.29, 0.717) is 19.5 Å². The fourth-order valence-electron chi connectivity index (χ4n) is 5.12. The lowest BCUT2D eigenvalue weighted by atomic mass is 9.99. The Kier molecular flexibility index (Phi) is 6.33. The molecule has 3 amide bonds. The Morgan fingerprint density at radius 2 is 1.64 bits per heavy atom. The molecule has 5 rings (SSSR count). The third-order valence-electron chi connectivity index (χ3n) is 7.00. The molecule has 2 aliphatic heterocycles. The Bertz CT molecular complexity index is 1150. The molecule has 0 aliphatic carbocycles. The maximum absolute atomic E-state index is 12.6. The standard InChI is InChI=1S/C27H32N4O2/c32-26(30-16-13-20-8-3-4-9-21(20)18-30)12-2-1-7-15-28-27(33)31-17-14-23-22-10-5-6-11-24(22)29-25(23)19-31/h3-6,8-11,29H,1-2,7,12-19H2,(H,28,33). The number of unbranched alkanes of at least 4 members (excludes halogenated alkanes) is 2. The van der Waals surface area contributed by atoms with E-state index < -0.39 is 0 Å². The average Bonchev–Trinajstić information content (AvgIpc) is 3.23. The summed E-state index contributed by atoms with van der Waals surface area (Å²) in [4.78, 5) is 32.5. The zero-order valence-corrected chi connectivity index (χ0v) is 19.1. The molecule has 0 saturated carbocycles. The lowest BCUT2D eigenvalue weighted by Gasteiger charge is -2.29. The van der Waals surface area contributed by atoms with Crippen LogP contribution in [0.25, 0.3) is 10.9 Å². The number of hydrogen-bond donors (Lipinski definition) is 2. The van der Waals surface area contributed by atoms with Crippen molar-refractivity contribution in [2.24, 2.45) is 0 Å². The first-order valence-corrected chi connectivity index (χ1v) is 12.1. The molecule has 0 bridgehead atoms. The molecule has 172 valence electrons. The van der Waals surface area contributed by atoms with Crippen LogP contribution in [0.4, 0.5) is 4.79 Å². The van der Waals surface area contributed by atoms with E-state index in [0.717, 1.165) is 62.9 Å². The first-order valence-electron chi connectivity index (χ1n) is 12.1. The van der Waals surface area contributed by atoms with Crippen molar-refractivity contribution in [3.05, 3.63) is 70.9 Å². The molecule has 2 N–H and O–H groups in total. The predicted octanol–water partition coefficient (Wildman–Crippen LogP) is 4.38. The topological polar surface area (TPSA) is 68.4 Å². The average molecular weight is 445 g/mol. The van der Waals surface area contributed by atoms with Gasteiger partial charge in [-0.15, -0.1) is 0 Å². The minimum absolute atomic E-state index is 0.00219. The molecule has 0 radical (unpaired) electrons. The van der Waals surface area contributed by atoms with E-state index in [1.165, 1.54) is 22.1 Å². The van der Waals surface area contributed by atoms with E-state index in [4.69, 9.17) is 0 Å². The van der Waals surface area contributed by atoms with E-state index in [-0.39, 0.29) is 11.9 Å². The van der Waals surface area contributed by atoms with E-state index in [2.05, 4.69) is 46.7 Å². The highest BCUT2D eigenvalue weighted by molar-refractivity contribution is 5.85. The zero-order chi connectivity index (χ0) is 22.6. The molecule has 0 unspecified atom stereocenters. The van der Waals surface area contributed by atoms with Crippen LogP contribution >= 0.6 is 0 Å². The third-order valence-corrected chi connectivity index (χ3v) is 7.00. The Hall–Kier alpha value is -3.28. The van der Waals surface area contributed by atoms with Crippen LogP contribution in [-0.2, 0) is 30.7 Å². The number of benzene rings is 2. The van der Waals surface area contributed by atoms with Crippen molar-refractivity contribution in [2.45, 2.75) is 51.6 Å². The number of rotatable bonds is 6. The van der Waals surface area contributed by atoms with Crippen LogP contribution in [0.1, 0.15) is 48.1 Å². The monoisotopic (exact) mass is 444 g/mol. The van der Waals surface area contributed by atoms with E-state index in [9.17, 15) is 9.59 Å². The molecule has 0 fully saturated rings. The summed E-state index contributed by atoms with van der Waals surface area (Å²) in [5.41, 5.74) is 6.28.